The highest BCUT2D eigenvalue weighted by molar-refractivity contribution is 6.40. The summed E-state index contributed by atoms with van der Waals surface area (Å²) in [6.07, 6.45) is 0.776. The highest BCUT2D eigenvalue weighted by atomic mass is 19.4. The van der Waals surface area contributed by atoms with Crippen LogP contribution in [0.3, 0.4) is 0 Å². The monoisotopic (exact) mass is 539 g/mol. The van der Waals surface area contributed by atoms with Crippen LogP contribution in [0.25, 0.3) is 5.70 Å². The van der Waals surface area contributed by atoms with Gasteiger partial charge in [-0.25, -0.2) is 8.78 Å². The SMILES string of the molecule is C.NC(N)=C(/C=C(\N)c1cnccc1C(F)(F)F)C(F)F.[B]C([B])(C1CCOCC1)N1CC2CCCC2C1. The summed E-state index contributed by atoms with van der Waals surface area (Å²) in [6, 6.07) is 0.688. The minimum atomic E-state index is -4.69. The lowest BCUT2D eigenvalue weighted by molar-refractivity contribution is -0.137. The number of halogens is 5. The van der Waals surface area contributed by atoms with E-state index >= 15 is 0 Å². The molecule has 1 saturated carbocycles. The first-order chi connectivity index (χ1) is 17.3. The number of nitrogens with zero attached hydrogens (tertiary/aromatic N) is 2. The van der Waals surface area contributed by atoms with Gasteiger partial charge in [-0.15, -0.1) is 0 Å². The third-order valence-electron chi connectivity index (χ3n) is 7.47. The summed E-state index contributed by atoms with van der Waals surface area (Å²) in [4.78, 5) is 5.85. The zero-order valence-electron chi connectivity index (χ0n) is 20.6. The average molecular weight is 539 g/mol. The molecule has 13 heteroatoms. The molecular weight excluding hydrogens is 503 g/mol. The smallest absolute Gasteiger partial charge is 0.398 e. The van der Waals surface area contributed by atoms with Gasteiger partial charge < -0.3 is 26.8 Å². The second kappa shape index (κ2) is 13.2. The van der Waals surface area contributed by atoms with Gasteiger partial charge in [-0.1, -0.05) is 19.2 Å². The molecule has 2 unspecified atom stereocenters. The zero-order valence-corrected chi connectivity index (χ0v) is 20.6. The summed E-state index contributed by atoms with van der Waals surface area (Å²) in [5.74, 6) is 1.40. The van der Waals surface area contributed by atoms with Crippen molar-refractivity contribution in [1.29, 1.82) is 0 Å². The number of rotatable bonds is 5. The maximum absolute atomic E-state index is 12.7. The van der Waals surface area contributed by atoms with E-state index in [4.69, 9.17) is 37.6 Å². The number of fused-ring (bicyclic) bond motifs is 1. The van der Waals surface area contributed by atoms with Gasteiger partial charge in [0, 0.05) is 50.0 Å². The fourth-order valence-electron chi connectivity index (χ4n) is 5.36. The van der Waals surface area contributed by atoms with Gasteiger partial charge in [0.05, 0.1) is 26.8 Å². The van der Waals surface area contributed by atoms with Crippen LogP contribution in [-0.4, -0.2) is 63.6 Å². The number of ether oxygens (including phenoxy) is 1. The standard InChI is InChI=1S/C13H21B2NO.C11H11F5N4.CH4/c14-13(15,12-4-6-17-7-5-12)16-8-10-2-1-3-11(10)9-16;12-9(13)5(10(18)19)3-8(17)6-4-20-2-1-7(6)11(14,15)16;/h10-12H,1-9H2;1-4,9H,17-19H2;1H4/b;8-3-;. The highest BCUT2D eigenvalue weighted by Crippen LogP contribution is 2.41. The molecule has 1 aliphatic carbocycles. The van der Waals surface area contributed by atoms with Gasteiger partial charge in [-0.2, -0.15) is 13.2 Å². The number of pyridine rings is 1. The minimum Gasteiger partial charge on any atom is -0.398 e. The second-order valence-corrected chi connectivity index (χ2v) is 9.86. The van der Waals surface area contributed by atoms with Crippen molar-refractivity contribution < 1.29 is 26.7 Å². The molecule has 0 amide bonds. The van der Waals surface area contributed by atoms with E-state index in [0.29, 0.717) is 18.1 Å². The molecule has 3 heterocycles. The summed E-state index contributed by atoms with van der Waals surface area (Å²) in [7, 11) is 12.9. The summed E-state index contributed by atoms with van der Waals surface area (Å²) in [5.41, 5.74) is 12.4. The summed E-state index contributed by atoms with van der Waals surface area (Å²) in [5, 5.41) is -0.603. The first kappa shape index (κ1) is 31.9. The van der Waals surface area contributed by atoms with Crippen LogP contribution in [0.5, 0.6) is 0 Å². The number of nitrogens with two attached hydrogens (primary N) is 3. The van der Waals surface area contributed by atoms with Crippen molar-refractivity contribution in [1.82, 2.24) is 9.88 Å². The highest BCUT2D eigenvalue weighted by Gasteiger charge is 2.43. The first-order valence-corrected chi connectivity index (χ1v) is 12.2. The minimum absolute atomic E-state index is 0. The molecule has 38 heavy (non-hydrogen) atoms. The van der Waals surface area contributed by atoms with Gasteiger partial charge in [0.2, 0.25) is 0 Å². The third kappa shape index (κ3) is 7.65. The van der Waals surface area contributed by atoms with Gasteiger partial charge in [-0.05, 0) is 55.6 Å². The van der Waals surface area contributed by atoms with Gasteiger partial charge in [0.25, 0.3) is 6.43 Å². The number of hydrogen-bond donors (Lipinski definition) is 3. The van der Waals surface area contributed by atoms with E-state index in [1.54, 1.807) is 0 Å². The van der Waals surface area contributed by atoms with E-state index in [-0.39, 0.29) is 7.43 Å². The number of hydrogen-bond acceptors (Lipinski definition) is 6. The fraction of sp³-hybridized carbons (Fsp3) is 0.640. The van der Waals surface area contributed by atoms with E-state index in [9.17, 15) is 22.0 Å². The molecule has 0 aromatic carbocycles. The molecule has 4 rings (SSSR count). The Morgan fingerprint density at radius 1 is 1.05 bits per heavy atom. The number of allylic oxidation sites excluding steroid dienone is 2. The Bertz CT molecular complexity index is 967. The summed E-state index contributed by atoms with van der Waals surface area (Å²) in [6.45, 7) is 3.88. The number of aromatic nitrogens is 1. The summed E-state index contributed by atoms with van der Waals surface area (Å²) < 4.78 is 68.8. The van der Waals surface area contributed by atoms with Crippen LogP contribution >= 0.6 is 0 Å². The Morgan fingerprint density at radius 2 is 1.63 bits per heavy atom. The van der Waals surface area contributed by atoms with E-state index in [1.807, 2.05) is 0 Å². The van der Waals surface area contributed by atoms with Crippen LogP contribution in [0.15, 0.2) is 35.9 Å². The maximum Gasteiger partial charge on any atom is 0.417 e. The molecule has 2 aliphatic heterocycles. The Morgan fingerprint density at radius 3 is 2.13 bits per heavy atom. The number of alkyl halides is 5. The second-order valence-electron chi connectivity index (χ2n) is 9.86. The molecule has 2 atom stereocenters. The lowest BCUT2D eigenvalue weighted by Crippen LogP contribution is -2.55. The van der Waals surface area contributed by atoms with Crippen LogP contribution in [0.1, 0.15) is 50.7 Å². The molecule has 0 spiro atoms. The van der Waals surface area contributed by atoms with Crippen LogP contribution in [0, 0.1) is 17.8 Å². The van der Waals surface area contributed by atoms with Crippen molar-refractivity contribution >= 4 is 21.4 Å². The van der Waals surface area contributed by atoms with Gasteiger partial charge in [-0.3, -0.25) is 4.98 Å². The molecule has 208 valence electrons. The molecule has 6 N–H and O–H groups in total. The molecular formula is C25H36B2F5N5O. The molecule has 1 aromatic heterocycles. The van der Waals surface area contributed by atoms with E-state index in [0.717, 1.165) is 63.4 Å². The van der Waals surface area contributed by atoms with Crippen molar-refractivity contribution in [2.75, 3.05) is 26.3 Å². The molecule has 3 aliphatic rings. The Hall–Kier alpha value is -2.27. The molecule has 0 bridgehead atoms. The van der Waals surface area contributed by atoms with Gasteiger partial charge in [0.1, 0.15) is 5.82 Å². The van der Waals surface area contributed by atoms with Crippen molar-refractivity contribution in [3.63, 3.8) is 0 Å². The normalized spacial score (nSPS) is 22.8. The molecule has 1 aromatic rings. The van der Waals surface area contributed by atoms with Crippen molar-refractivity contribution in [3.05, 3.63) is 47.1 Å². The molecule has 3 fully saturated rings. The van der Waals surface area contributed by atoms with Crippen LogP contribution in [0.4, 0.5) is 22.0 Å². The van der Waals surface area contributed by atoms with E-state index < -0.39 is 46.2 Å². The van der Waals surface area contributed by atoms with Gasteiger partial charge in [0.15, 0.2) is 0 Å². The van der Waals surface area contributed by atoms with Gasteiger partial charge >= 0.3 is 6.18 Å². The topological polar surface area (TPSA) is 103 Å². The Labute approximate surface area is 224 Å². The fourth-order valence-corrected chi connectivity index (χ4v) is 5.36. The quantitative estimate of drug-likeness (QED) is 0.301. The largest absolute Gasteiger partial charge is 0.417 e. The predicted molar refractivity (Wildman–Crippen MR) is 140 cm³/mol. The van der Waals surface area contributed by atoms with Crippen molar-refractivity contribution in [3.8, 4) is 0 Å². The lowest BCUT2D eigenvalue weighted by atomic mass is 9.52. The lowest BCUT2D eigenvalue weighted by Gasteiger charge is -2.45. The van der Waals surface area contributed by atoms with Crippen molar-refractivity contribution in [2.45, 2.75) is 57.5 Å². The van der Waals surface area contributed by atoms with E-state index in [2.05, 4.69) is 9.88 Å². The summed E-state index contributed by atoms with van der Waals surface area (Å²) >= 11 is 0. The molecule has 2 saturated heterocycles. The first-order valence-electron chi connectivity index (χ1n) is 12.2. The van der Waals surface area contributed by atoms with Crippen LogP contribution < -0.4 is 17.2 Å². The Kier molecular flexibility index (Phi) is 11.1. The third-order valence-corrected chi connectivity index (χ3v) is 7.47. The predicted octanol–water partition coefficient (Wildman–Crippen LogP) is 3.57. The van der Waals surface area contributed by atoms with Crippen LogP contribution in [0.2, 0.25) is 0 Å². The Balaban J connectivity index is 0.000000262. The molecule has 6 nitrogen and oxygen atoms in total. The zero-order chi connectivity index (χ0) is 27.4. The maximum atomic E-state index is 12.7. The average Bonchev–Trinajstić information content (AvgIpc) is 3.45. The van der Waals surface area contributed by atoms with Crippen LogP contribution in [-0.2, 0) is 10.9 Å². The molecule has 4 radical (unpaired) electrons. The number of likely N-dealkylation sites (tertiary alicyclic amines) is 1. The van der Waals surface area contributed by atoms with Crippen molar-refractivity contribution in [2.24, 2.45) is 35.0 Å². The van der Waals surface area contributed by atoms with E-state index in [1.165, 1.54) is 19.3 Å².